The summed E-state index contributed by atoms with van der Waals surface area (Å²) in [6.07, 6.45) is -3.35. The highest BCUT2D eigenvalue weighted by Gasteiger charge is 2.32. The van der Waals surface area contributed by atoms with Crippen LogP contribution in [0, 0.1) is 0 Å². The Morgan fingerprint density at radius 1 is 1.50 bits per heavy atom. The van der Waals surface area contributed by atoms with Crippen LogP contribution < -0.4 is 10.9 Å². The summed E-state index contributed by atoms with van der Waals surface area (Å²) in [7, 11) is 0. The predicted octanol–water partition coefficient (Wildman–Crippen LogP) is 0.472. The molecule has 2 N–H and O–H groups in total. The topological polar surface area (TPSA) is 33.3 Å². The van der Waals surface area contributed by atoms with Gasteiger partial charge in [0, 0.05) is 6.54 Å². The number of hydrazine groups is 1. The number of hydrogen-bond donors (Lipinski definition) is 2. The maximum Gasteiger partial charge on any atom is 0.574 e. The molecule has 58 valence electrons. The van der Waals surface area contributed by atoms with E-state index in [-0.39, 0.29) is 5.88 Å². The fourth-order valence-corrected chi connectivity index (χ4v) is 0.525. The summed E-state index contributed by atoms with van der Waals surface area (Å²) in [6.45, 7) is 0.339. The second kappa shape index (κ2) is 2.37. The molecule has 0 fully saturated rings. The van der Waals surface area contributed by atoms with Crippen molar-refractivity contribution in [3.8, 4) is 0 Å². The lowest BCUT2D eigenvalue weighted by molar-refractivity contribution is -0.307. The summed E-state index contributed by atoms with van der Waals surface area (Å²) < 4.78 is 37.6. The van der Waals surface area contributed by atoms with E-state index < -0.39 is 6.36 Å². The molecule has 1 heterocycles. The van der Waals surface area contributed by atoms with Gasteiger partial charge >= 0.3 is 6.36 Å². The van der Waals surface area contributed by atoms with E-state index in [9.17, 15) is 13.2 Å². The van der Waals surface area contributed by atoms with Gasteiger partial charge in [-0.25, -0.2) is 5.43 Å². The fraction of sp³-hybridized carbons (Fsp3) is 0.500. The molecule has 1 aliphatic rings. The number of alkyl halides is 3. The van der Waals surface area contributed by atoms with Crippen molar-refractivity contribution in [2.75, 3.05) is 6.54 Å². The van der Waals surface area contributed by atoms with Gasteiger partial charge in [0.25, 0.3) is 0 Å². The molecule has 1 rings (SSSR count). The van der Waals surface area contributed by atoms with E-state index in [1.165, 1.54) is 6.08 Å². The Balaban J connectivity index is 2.38. The fourth-order valence-electron chi connectivity index (χ4n) is 0.525. The normalized spacial score (nSPS) is 18.1. The molecule has 0 aliphatic carbocycles. The van der Waals surface area contributed by atoms with Gasteiger partial charge in [-0.05, 0) is 6.08 Å². The van der Waals surface area contributed by atoms with Crippen molar-refractivity contribution in [1.29, 1.82) is 0 Å². The number of nitrogens with one attached hydrogen (secondary N) is 2. The second-order valence-corrected chi connectivity index (χ2v) is 1.62. The molecule has 10 heavy (non-hydrogen) atoms. The maximum atomic E-state index is 11.4. The van der Waals surface area contributed by atoms with Crippen LogP contribution in [0.2, 0.25) is 0 Å². The number of ether oxygens (including phenoxy) is 1. The minimum absolute atomic E-state index is 0.299. The van der Waals surface area contributed by atoms with Crippen molar-refractivity contribution < 1.29 is 17.9 Å². The lowest BCUT2D eigenvalue weighted by Gasteiger charge is -2.08. The van der Waals surface area contributed by atoms with Gasteiger partial charge in [-0.1, -0.05) is 0 Å². The van der Waals surface area contributed by atoms with E-state index in [0.717, 1.165) is 0 Å². The molecular weight excluding hydrogens is 149 g/mol. The molecule has 3 nitrogen and oxygen atoms in total. The summed E-state index contributed by atoms with van der Waals surface area (Å²) in [5.74, 6) is -0.299. The van der Waals surface area contributed by atoms with Gasteiger partial charge < -0.3 is 4.74 Å². The SMILES string of the molecule is FC(F)(F)OC1=CCNN1. The first-order valence-corrected chi connectivity index (χ1v) is 2.53. The summed E-state index contributed by atoms with van der Waals surface area (Å²) >= 11 is 0. The van der Waals surface area contributed by atoms with Gasteiger partial charge in [-0.3, -0.25) is 5.43 Å². The highest BCUT2D eigenvalue weighted by molar-refractivity contribution is 4.96. The zero-order chi connectivity index (χ0) is 7.61. The van der Waals surface area contributed by atoms with Crippen LogP contribution in [0.5, 0.6) is 0 Å². The van der Waals surface area contributed by atoms with Gasteiger partial charge in [0.2, 0.25) is 5.88 Å². The van der Waals surface area contributed by atoms with E-state index in [4.69, 9.17) is 0 Å². The Bertz CT molecular complexity index is 153. The van der Waals surface area contributed by atoms with Crippen molar-refractivity contribution in [3.05, 3.63) is 12.0 Å². The highest BCUT2D eigenvalue weighted by atomic mass is 19.4. The Kier molecular flexibility index (Phi) is 1.71. The summed E-state index contributed by atoms with van der Waals surface area (Å²) in [5.41, 5.74) is 4.61. The third-order valence-electron chi connectivity index (χ3n) is 0.827. The minimum Gasteiger partial charge on any atom is -0.389 e. The van der Waals surface area contributed by atoms with Gasteiger partial charge in [-0.2, -0.15) is 0 Å². The molecule has 6 heteroatoms. The molecule has 0 aromatic carbocycles. The van der Waals surface area contributed by atoms with Crippen LogP contribution in [0.4, 0.5) is 13.2 Å². The molecule has 0 amide bonds. The Labute approximate surface area is 54.8 Å². The standard InChI is InChI=1S/C4H5F3N2O/c5-4(6,7)10-3-1-2-8-9-3/h1,8-9H,2H2. The molecule has 0 radical (unpaired) electrons. The summed E-state index contributed by atoms with van der Waals surface area (Å²) in [6, 6.07) is 0. The molecule has 0 unspecified atom stereocenters. The third kappa shape index (κ3) is 2.14. The number of rotatable bonds is 1. The number of hydrogen-bond acceptors (Lipinski definition) is 3. The van der Waals surface area contributed by atoms with Crippen LogP contribution in [-0.4, -0.2) is 12.9 Å². The van der Waals surface area contributed by atoms with E-state index in [1.54, 1.807) is 0 Å². The van der Waals surface area contributed by atoms with Gasteiger partial charge in [-0.15, -0.1) is 13.2 Å². The van der Waals surface area contributed by atoms with E-state index in [1.807, 2.05) is 0 Å². The molecular formula is C4H5F3N2O. The molecule has 1 aliphatic heterocycles. The lowest BCUT2D eigenvalue weighted by Crippen LogP contribution is -2.27. The molecule has 0 spiro atoms. The van der Waals surface area contributed by atoms with Crippen molar-refractivity contribution in [3.63, 3.8) is 0 Å². The first-order valence-electron chi connectivity index (χ1n) is 2.53. The van der Waals surface area contributed by atoms with Crippen LogP contribution in [0.1, 0.15) is 0 Å². The van der Waals surface area contributed by atoms with Crippen LogP contribution in [0.25, 0.3) is 0 Å². The minimum atomic E-state index is -4.61. The van der Waals surface area contributed by atoms with Crippen LogP contribution >= 0.6 is 0 Å². The average molecular weight is 154 g/mol. The molecule has 0 atom stereocenters. The maximum absolute atomic E-state index is 11.4. The van der Waals surface area contributed by atoms with Crippen molar-refractivity contribution in [2.45, 2.75) is 6.36 Å². The molecule has 0 aromatic heterocycles. The predicted molar refractivity (Wildman–Crippen MR) is 26.4 cm³/mol. The van der Waals surface area contributed by atoms with Gasteiger partial charge in [0.05, 0.1) is 0 Å². The summed E-state index contributed by atoms with van der Waals surface area (Å²) in [4.78, 5) is 0. The largest absolute Gasteiger partial charge is 0.574 e. The van der Waals surface area contributed by atoms with Crippen LogP contribution in [-0.2, 0) is 4.74 Å². The Morgan fingerprint density at radius 3 is 2.60 bits per heavy atom. The lowest BCUT2D eigenvalue weighted by atomic mass is 10.6. The Morgan fingerprint density at radius 2 is 2.20 bits per heavy atom. The van der Waals surface area contributed by atoms with Crippen molar-refractivity contribution in [1.82, 2.24) is 10.9 Å². The first-order chi connectivity index (χ1) is 4.58. The number of halogens is 3. The quantitative estimate of drug-likeness (QED) is 0.576. The smallest absolute Gasteiger partial charge is 0.389 e. The summed E-state index contributed by atoms with van der Waals surface area (Å²) in [5, 5.41) is 0. The molecule has 0 aromatic rings. The monoisotopic (exact) mass is 154 g/mol. The molecule has 0 saturated heterocycles. The van der Waals surface area contributed by atoms with Crippen LogP contribution in [0.3, 0.4) is 0 Å². The van der Waals surface area contributed by atoms with Crippen molar-refractivity contribution in [2.24, 2.45) is 0 Å². The molecule has 0 bridgehead atoms. The second-order valence-electron chi connectivity index (χ2n) is 1.62. The first kappa shape index (κ1) is 7.20. The van der Waals surface area contributed by atoms with Crippen LogP contribution in [0.15, 0.2) is 12.0 Å². The highest BCUT2D eigenvalue weighted by Crippen LogP contribution is 2.19. The van der Waals surface area contributed by atoms with E-state index in [2.05, 4.69) is 15.6 Å². The average Bonchev–Trinajstić information content (AvgIpc) is 2.12. The van der Waals surface area contributed by atoms with Gasteiger partial charge in [0.1, 0.15) is 0 Å². The zero-order valence-corrected chi connectivity index (χ0v) is 4.83. The third-order valence-corrected chi connectivity index (χ3v) is 0.827. The molecule has 0 saturated carbocycles. The van der Waals surface area contributed by atoms with Crippen molar-refractivity contribution >= 4 is 0 Å². The van der Waals surface area contributed by atoms with Gasteiger partial charge in [0.15, 0.2) is 0 Å². The van der Waals surface area contributed by atoms with E-state index in [0.29, 0.717) is 6.54 Å². The van der Waals surface area contributed by atoms with E-state index >= 15 is 0 Å². The zero-order valence-electron chi connectivity index (χ0n) is 4.83. The Hall–Kier alpha value is -0.910.